The highest BCUT2D eigenvalue weighted by Gasteiger charge is 2.26. The molecule has 1 unspecified atom stereocenters. The molecule has 2 amide bonds. The number of benzene rings is 2. The van der Waals surface area contributed by atoms with E-state index in [1.807, 2.05) is 42.5 Å². The Labute approximate surface area is 192 Å². The lowest BCUT2D eigenvalue weighted by atomic mass is 10.1. The van der Waals surface area contributed by atoms with Crippen LogP contribution in [0.3, 0.4) is 0 Å². The summed E-state index contributed by atoms with van der Waals surface area (Å²) in [5.41, 5.74) is 1.97. The highest BCUT2D eigenvalue weighted by molar-refractivity contribution is 9.10. The summed E-state index contributed by atoms with van der Waals surface area (Å²) in [6.07, 6.45) is 2.79. The number of hydrogen-bond donors (Lipinski definition) is 1. The van der Waals surface area contributed by atoms with Gasteiger partial charge < -0.3 is 19.7 Å². The Morgan fingerprint density at radius 1 is 1.13 bits per heavy atom. The Kier molecular flexibility index (Phi) is 8.35. The van der Waals surface area contributed by atoms with E-state index in [4.69, 9.17) is 9.47 Å². The van der Waals surface area contributed by atoms with E-state index in [2.05, 4.69) is 28.2 Å². The Balaban J connectivity index is 1.69. The van der Waals surface area contributed by atoms with Gasteiger partial charge in [-0.3, -0.25) is 9.59 Å². The number of halogens is 1. The van der Waals surface area contributed by atoms with E-state index in [-0.39, 0.29) is 18.6 Å². The van der Waals surface area contributed by atoms with Gasteiger partial charge in [0.2, 0.25) is 18.6 Å². The van der Waals surface area contributed by atoms with Crippen molar-refractivity contribution in [1.29, 1.82) is 0 Å². The number of carbonyl (C=O) groups excluding carboxylic acids is 2. The highest BCUT2D eigenvalue weighted by Crippen LogP contribution is 2.32. The summed E-state index contributed by atoms with van der Waals surface area (Å²) >= 11 is 3.48. The van der Waals surface area contributed by atoms with Gasteiger partial charge in [0, 0.05) is 24.0 Å². The van der Waals surface area contributed by atoms with E-state index >= 15 is 0 Å². The highest BCUT2D eigenvalue weighted by atomic mass is 79.9. The third-order valence-corrected chi connectivity index (χ3v) is 5.80. The molecule has 0 bridgehead atoms. The molecule has 0 aromatic heterocycles. The predicted octanol–water partition coefficient (Wildman–Crippen LogP) is 4.44. The zero-order valence-corrected chi connectivity index (χ0v) is 19.6. The smallest absolute Gasteiger partial charge is 0.242 e. The van der Waals surface area contributed by atoms with E-state index in [1.54, 1.807) is 11.8 Å². The monoisotopic (exact) mass is 488 g/mol. The summed E-state index contributed by atoms with van der Waals surface area (Å²) < 4.78 is 11.7. The van der Waals surface area contributed by atoms with Crippen molar-refractivity contribution in [3.63, 3.8) is 0 Å². The summed E-state index contributed by atoms with van der Waals surface area (Å²) in [6.45, 7) is 5.09. The number of amides is 2. The molecule has 3 rings (SSSR count). The van der Waals surface area contributed by atoms with Gasteiger partial charge in [0.05, 0.1) is 0 Å². The molecule has 0 saturated carbocycles. The van der Waals surface area contributed by atoms with Gasteiger partial charge in [0.25, 0.3) is 0 Å². The molecular weight excluding hydrogens is 460 g/mol. The van der Waals surface area contributed by atoms with Gasteiger partial charge in [-0.2, -0.15) is 0 Å². The van der Waals surface area contributed by atoms with Crippen molar-refractivity contribution < 1.29 is 19.1 Å². The molecule has 1 atom stereocenters. The summed E-state index contributed by atoms with van der Waals surface area (Å²) in [4.78, 5) is 27.5. The van der Waals surface area contributed by atoms with Crippen molar-refractivity contribution in [3.05, 3.63) is 58.1 Å². The molecule has 31 heavy (non-hydrogen) atoms. The number of nitrogens with one attached hydrogen (secondary N) is 1. The Morgan fingerprint density at radius 2 is 1.94 bits per heavy atom. The maximum Gasteiger partial charge on any atom is 0.242 e. The minimum absolute atomic E-state index is 0.0595. The van der Waals surface area contributed by atoms with Crippen LogP contribution in [0.5, 0.6) is 11.5 Å². The minimum atomic E-state index is -0.555. The van der Waals surface area contributed by atoms with Crippen LogP contribution in [0.4, 0.5) is 0 Å². The van der Waals surface area contributed by atoms with E-state index in [9.17, 15) is 9.59 Å². The van der Waals surface area contributed by atoms with E-state index in [0.717, 1.165) is 34.2 Å². The molecule has 0 radical (unpaired) electrons. The van der Waals surface area contributed by atoms with Gasteiger partial charge in [-0.05, 0) is 55.2 Å². The number of aryl methyl sites for hydroxylation is 1. The van der Waals surface area contributed by atoms with Crippen LogP contribution in [0.2, 0.25) is 0 Å². The maximum absolute atomic E-state index is 13.2. The number of hydrogen-bond acceptors (Lipinski definition) is 4. The SMILES string of the molecule is CCCCNC(=O)C(C)N(Cc1cccc(Br)c1)C(=O)CCc1ccc2c(c1)OCO2. The quantitative estimate of drug-likeness (QED) is 0.501. The molecule has 0 fully saturated rings. The zero-order chi connectivity index (χ0) is 22.2. The molecule has 1 N–H and O–H groups in total. The predicted molar refractivity (Wildman–Crippen MR) is 123 cm³/mol. The lowest BCUT2D eigenvalue weighted by Gasteiger charge is -2.29. The van der Waals surface area contributed by atoms with Crippen molar-refractivity contribution in [2.24, 2.45) is 0 Å². The molecule has 0 saturated heterocycles. The first-order chi connectivity index (χ1) is 15.0. The number of ether oxygens (including phenoxy) is 2. The van der Waals surface area contributed by atoms with Crippen LogP contribution >= 0.6 is 15.9 Å². The summed E-state index contributed by atoms with van der Waals surface area (Å²) in [5.74, 6) is 1.25. The van der Waals surface area contributed by atoms with Gasteiger partial charge in [0.1, 0.15) is 6.04 Å². The van der Waals surface area contributed by atoms with Crippen LogP contribution in [0, 0.1) is 0 Å². The van der Waals surface area contributed by atoms with Crippen LogP contribution in [-0.4, -0.2) is 36.1 Å². The van der Waals surface area contributed by atoms with Crippen molar-refractivity contribution in [3.8, 4) is 11.5 Å². The van der Waals surface area contributed by atoms with Crippen LogP contribution in [0.25, 0.3) is 0 Å². The second kappa shape index (κ2) is 11.2. The zero-order valence-electron chi connectivity index (χ0n) is 18.0. The van der Waals surface area contributed by atoms with Crippen molar-refractivity contribution in [1.82, 2.24) is 10.2 Å². The first kappa shape index (κ1) is 23.1. The summed E-state index contributed by atoms with van der Waals surface area (Å²) in [5, 5.41) is 2.95. The number of unbranched alkanes of at least 4 members (excludes halogenated alkanes) is 1. The molecule has 1 aliphatic rings. The molecule has 7 heteroatoms. The summed E-state index contributed by atoms with van der Waals surface area (Å²) in [6, 6.07) is 13.0. The van der Waals surface area contributed by atoms with Gasteiger partial charge in [0.15, 0.2) is 11.5 Å². The summed E-state index contributed by atoms with van der Waals surface area (Å²) in [7, 11) is 0. The van der Waals surface area contributed by atoms with Gasteiger partial charge in [-0.25, -0.2) is 0 Å². The lowest BCUT2D eigenvalue weighted by Crippen LogP contribution is -2.47. The lowest BCUT2D eigenvalue weighted by molar-refractivity contribution is -0.140. The van der Waals surface area contributed by atoms with E-state index in [1.165, 1.54) is 0 Å². The number of fused-ring (bicyclic) bond motifs is 1. The Bertz CT molecular complexity index is 918. The van der Waals surface area contributed by atoms with Crippen molar-refractivity contribution in [2.45, 2.75) is 52.1 Å². The standard InChI is InChI=1S/C24H29BrN2O4/c1-3-4-12-26-24(29)17(2)27(15-19-6-5-7-20(25)13-19)23(28)11-9-18-8-10-21-22(14-18)31-16-30-21/h5-8,10,13-14,17H,3-4,9,11-12,15-16H2,1-2H3,(H,26,29). The molecule has 0 spiro atoms. The van der Waals surface area contributed by atoms with Crippen molar-refractivity contribution in [2.75, 3.05) is 13.3 Å². The molecule has 1 aliphatic heterocycles. The number of carbonyl (C=O) groups is 2. The topological polar surface area (TPSA) is 67.9 Å². The fourth-order valence-corrected chi connectivity index (χ4v) is 3.89. The average molecular weight is 489 g/mol. The normalized spacial score (nSPS) is 13.0. The first-order valence-electron chi connectivity index (χ1n) is 10.7. The maximum atomic E-state index is 13.2. The second-order valence-electron chi connectivity index (χ2n) is 7.66. The molecule has 2 aromatic carbocycles. The Hall–Kier alpha value is -2.54. The van der Waals surface area contributed by atoms with Crippen LogP contribution in [0.1, 0.15) is 44.2 Å². The third-order valence-electron chi connectivity index (χ3n) is 5.30. The molecule has 6 nitrogen and oxygen atoms in total. The average Bonchev–Trinajstić information content (AvgIpc) is 3.23. The van der Waals surface area contributed by atoms with Gasteiger partial charge in [-0.1, -0.05) is 47.5 Å². The van der Waals surface area contributed by atoms with Crippen LogP contribution in [-0.2, 0) is 22.6 Å². The molecule has 1 heterocycles. The largest absolute Gasteiger partial charge is 0.454 e. The number of nitrogens with zero attached hydrogens (tertiary/aromatic N) is 1. The first-order valence-corrected chi connectivity index (χ1v) is 11.5. The van der Waals surface area contributed by atoms with E-state index < -0.39 is 6.04 Å². The molecule has 0 aliphatic carbocycles. The second-order valence-corrected chi connectivity index (χ2v) is 8.58. The van der Waals surface area contributed by atoms with Crippen LogP contribution in [0.15, 0.2) is 46.9 Å². The molecular formula is C24H29BrN2O4. The third kappa shape index (κ3) is 6.47. The van der Waals surface area contributed by atoms with Crippen LogP contribution < -0.4 is 14.8 Å². The molecule has 2 aromatic rings. The fourth-order valence-electron chi connectivity index (χ4n) is 3.44. The minimum Gasteiger partial charge on any atom is -0.454 e. The Morgan fingerprint density at radius 3 is 2.71 bits per heavy atom. The van der Waals surface area contributed by atoms with Crippen molar-refractivity contribution >= 4 is 27.7 Å². The fraction of sp³-hybridized carbons (Fsp3) is 0.417. The van der Waals surface area contributed by atoms with E-state index in [0.29, 0.717) is 31.7 Å². The number of rotatable bonds is 10. The molecule has 166 valence electrons. The van der Waals surface area contributed by atoms with Gasteiger partial charge >= 0.3 is 0 Å². The van der Waals surface area contributed by atoms with Gasteiger partial charge in [-0.15, -0.1) is 0 Å².